The Morgan fingerprint density at radius 2 is 2.12 bits per heavy atom. The smallest absolute Gasteiger partial charge is 0.238 e. The van der Waals surface area contributed by atoms with Gasteiger partial charge in [-0.1, -0.05) is 45.7 Å². The summed E-state index contributed by atoms with van der Waals surface area (Å²) >= 11 is 9.61. The average molecular weight is 435 g/mol. The number of nitrogens with zero attached hydrogens (tertiary/aromatic N) is 4. The lowest BCUT2D eigenvalue weighted by atomic mass is 10.2. The average Bonchev–Trinajstić information content (AvgIpc) is 3.11. The highest BCUT2D eigenvalue weighted by molar-refractivity contribution is 9.10. The second kappa shape index (κ2) is 8.44. The van der Waals surface area contributed by atoms with Gasteiger partial charge < -0.3 is 5.32 Å². The molecule has 0 fully saturated rings. The molecule has 3 rings (SSSR count). The Labute approximate surface area is 164 Å². The van der Waals surface area contributed by atoms with E-state index < -0.39 is 0 Å². The molecule has 0 atom stereocenters. The highest BCUT2D eigenvalue weighted by Crippen LogP contribution is 2.24. The Morgan fingerprint density at radius 1 is 1.31 bits per heavy atom. The number of nitrogens with one attached hydrogen (secondary N) is 1. The number of halogens is 2. The van der Waals surface area contributed by atoms with Crippen LogP contribution in [0.25, 0.3) is 5.69 Å². The molecule has 6 nitrogen and oxygen atoms in total. The third-order valence-electron chi connectivity index (χ3n) is 3.71. The van der Waals surface area contributed by atoms with Crippen molar-refractivity contribution in [1.82, 2.24) is 19.7 Å². The van der Waals surface area contributed by atoms with Gasteiger partial charge in [-0.2, -0.15) is 5.10 Å². The molecule has 8 heteroatoms. The number of hydrogen-bond acceptors (Lipinski definition) is 4. The van der Waals surface area contributed by atoms with E-state index in [0.29, 0.717) is 22.9 Å². The Kier molecular flexibility index (Phi) is 6.03. The molecule has 1 aromatic heterocycles. The van der Waals surface area contributed by atoms with E-state index in [1.807, 2.05) is 36.2 Å². The number of anilines is 1. The fourth-order valence-electron chi connectivity index (χ4n) is 2.55. The molecule has 0 spiro atoms. The number of carbonyl (C=O) groups excluding carboxylic acids is 1. The van der Waals surface area contributed by atoms with Gasteiger partial charge in [-0.05, 0) is 36.9 Å². The minimum atomic E-state index is -0.136. The van der Waals surface area contributed by atoms with E-state index in [2.05, 4.69) is 31.3 Å². The van der Waals surface area contributed by atoms with Crippen molar-refractivity contribution in [2.45, 2.75) is 6.54 Å². The Balaban J connectivity index is 1.68. The number of hydrogen-bond donors (Lipinski definition) is 1. The lowest BCUT2D eigenvalue weighted by Gasteiger charge is -2.18. The quantitative estimate of drug-likeness (QED) is 0.642. The molecule has 134 valence electrons. The van der Waals surface area contributed by atoms with Gasteiger partial charge in [0, 0.05) is 16.0 Å². The molecule has 26 heavy (non-hydrogen) atoms. The highest BCUT2D eigenvalue weighted by atomic mass is 79.9. The summed E-state index contributed by atoms with van der Waals surface area (Å²) in [4.78, 5) is 18.4. The van der Waals surface area contributed by atoms with Crippen LogP contribution in [0.3, 0.4) is 0 Å². The first kappa shape index (κ1) is 18.6. The van der Waals surface area contributed by atoms with E-state index >= 15 is 0 Å². The van der Waals surface area contributed by atoms with Crippen LogP contribution < -0.4 is 5.32 Å². The van der Waals surface area contributed by atoms with Crippen molar-refractivity contribution in [3.05, 3.63) is 70.2 Å². The normalized spacial score (nSPS) is 10.9. The first-order valence-electron chi connectivity index (χ1n) is 7.89. The number of amides is 1. The van der Waals surface area contributed by atoms with Gasteiger partial charge in [0.25, 0.3) is 0 Å². The monoisotopic (exact) mass is 433 g/mol. The van der Waals surface area contributed by atoms with Crippen molar-refractivity contribution in [2.75, 3.05) is 18.9 Å². The summed E-state index contributed by atoms with van der Waals surface area (Å²) in [7, 11) is 1.90. The third kappa shape index (κ3) is 4.69. The predicted octanol–water partition coefficient (Wildman–Crippen LogP) is 3.75. The van der Waals surface area contributed by atoms with Crippen LogP contribution in [0.5, 0.6) is 0 Å². The second-order valence-electron chi connectivity index (χ2n) is 5.81. The van der Waals surface area contributed by atoms with Crippen LogP contribution in [-0.4, -0.2) is 39.2 Å². The van der Waals surface area contributed by atoms with Gasteiger partial charge in [0.15, 0.2) is 0 Å². The second-order valence-corrected chi connectivity index (χ2v) is 7.10. The third-order valence-corrected chi connectivity index (χ3v) is 4.72. The maximum Gasteiger partial charge on any atom is 0.238 e. The van der Waals surface area contributed by atoms with Crippen LogP contribution in [0.2, 0.25) is 5.02 Å². The summed E-state index contributed by atoms with van der Waals surface area (Å²) in [6.07, 6.45) is 3.00. The largest absolute Gasteiger partial charge is 0.323 e. The van der Waals surface area contributed by atoms with Crippen LogP contribution in [0.15, 0.2) is 59.6 Å². The lowest BCUT2D eigenvalue weighted by Crippen LogP contribution is -2.30. The maximum atomic E-state index is 12.5. The number of aromatic nitrogens is 3. The van der Waals surface area contributed by atoms with Gasteiger partial charge in [0.1, 0.15) is 12.7 Å². The highest BCUT2D eigenvalue weighted by Gasteiger charge is 2.13. The van der Waals surface area contributed by atoms with Crippen molar-refractivity contribution in [2.24, 2.45) is 0 Å². The summed E-state index contributed by atoms with van der Waals surface area (Å²) in [5.41, 5.74) is 2.41. The van der Waals surface area contributed by atoms with E-state index in [-0.39, 0.29) is 12.5 Å². The van der Waals surface area contributed by atoms with Crippen molar-refractivity contribution in [3.8, 4) is 5.69 Å². The number of likely N-dealkylation sites (N-methyl/N-ethyl adjacent to an activating group) is 1. The summed E-state index contributed by atoms with van der Waals surface area (Å²) in [6, 6.07) is 13.2. The van der Waals surface area contributed by atoms with Gasteiger partial charge in [-0.15, -0.1) is 0 Å². The van der Waals surface area contributed by atoms with Crippen molar-refractivity contribution >= 4 is 39.1 Å². The van der Waals surface area contributed by atoms with E-state index in [1.54, 1.807) is 29.2 Å². The molecule has 0 bridgehead atoms. The number of benzene rings is 2. The van der Waals surface area contributed by atoms with Crippen LogP contribution in [0, 0.1) is 0 Å². The molecule has 1 heterocycles. The molecule has 0 aliphatic carbocycles. The van der Waals surface area contributed by atoms with Gasteiger partial charge in [-0.25, -0.2) is 9.67 Å². The molecular weight excluding hydrogens is 418 g/mol. The molecular formula is C18H17BrClN5O. The van der Waals surface area contributed by atoms with Crippen LogP contribution >= 0.6 is 27.5 Å². The van der Waals surface area contributed by atoms with Crippen LogP contribution in [0.1, 0.15) is 5.56 Å². The number of carbonyl (C=O) groups is 1. The molecule has 3 aromatic rings. The zero-order valence-electron chi connectivity index (χ0n) is 14.1. The molecule has 1 N–H and O–H groups in total. The molecule has 0 aliphatic rings. The molecule has 0 radical (unpaired) electrons. The molecule has 2 aromatic carbocycles. The topological polar surface area (TPSA) is 63.1 Å². The van der Waals surface area contributed by atoms with E-state index in [0.717, 1.165) is 10.0 Å². The molecule has 0 aliphatic heterocycles. The molecule has 0 saturated heterocycles. The molecule has 1 amide bonds. The summed E-state index contributed by atoms with van der Waals surface area (Å²) < 4.78 is 2.60. The molecule has 0 saturated carbocycles. The van der Waals surface area contributed by atoms with Crippen molar-refractivity contribution in [1.29, 1.82) is 0 Å². The van der Waals surface area contributed by atoms with E-state index in [9.17, 15) is 4.79 Å². The van der Waals surface area contributed by atoms with Gasteiger partial charge >= 0.3 is 0 Å². The fourth-order valence-corrected chi connectivity index (χ4v) is 3.13. The fraction of sp³-hybridized carbons (Fsp3) is 0.167. The standard InChI is InChI=1S/C18H17BrClN5O/c1-24(9-13-4-2-3-5-15(13)19)10-18(26)23-16-8-14(20)6-7-17(16)25-12-21-11-22-25/h2-8,11-12H,9-10H2,1H3,(H,23,26). The van der Waals surface area contributed by atoms with Crippen molar-refractivity contribution < 1.29 is 4.79 Å². The van der Waals surface area contributed by atoms with E-state index in [4.69, 9.17) is 11.6 Å². The Morgan fingerprint density at radius 3 is 2.85 bits per heavy atom. The van der Waals surface area contributed by atoms with Gasteiger partial charge in [-0.3, -0.25) is 9.69 Å². The zero-order valence-corrected chi connectivity index (χ0v) is 16.4. The first-order chi connectivity index (χ1) is 12.5. The summed E-state index contributed by atoms with van der Waals surface area (Å²) in [6.45, 7) is 0.894. The van der Waals surface area contributed by atoms with Crippen molar-refractivity contribution in [3.63, 3.8) is 0 Å². The van der Waals surface area contributed by atoms with Gasteiger partial charge in [0.2, 0.25) is 5.91 Å². The zero-order chi connectivity index (χ0) is 18.5. The maximum absolute atomic E-state index is 12.5. The first-order valence-corrected chi connectivity index (χ1v) is 9.06. The Bertz CT molecular complexity index is 900. The van der Waals surface area contributed by atoms with E-state index in [1.165, 1.54) is 6.33 Å². The summed E-state index contributed by atoms with van der Waals surface area (Å²) in [5, 5.41) is 7.54. The SMILES string of the molecule is CN(CC(=O)Nc1cc(Cl)ccc1-n1cncn1)Cc1ccccc1Br. The Hall–Kier alpha value is -2.22. The summed E-state index contributed by atoms with van der Waals surface area (Å²) in [5.74, 6) is -0.136. The van der Waals surface area contributed by atoms with Crippen LogP contribution in [0.4, 0.5) is 5.69 Å². The number of rotatable bonds is 6. The minimum absolute atomic E-state index is 0.136. The van der Waals surface area contributed by atoms with Crippen LogP contribution in [-0.2, 0) is 11.3 Å². The predicted molar refractivity (Wildman–Crippen MR) is 105 cm³/mol. The van der Waals surface area contributed by atoms with Gasteiger partial charge in [0.05, 0.1) is 17.9 Å². The molecule has 0 unspecified atom stereocenters. The minimum Gasteiger partial charge on any atom is -0.323 e. The lowest BCUT2D eigenvalue weighted by molar-refractivity contribution is -0.117.